The first-order chi connectivity index (χ1) is 13.9. The van der Waals surface area contributed by atoms with Crippen molar-refractivity contribution in [3.05, 3.63) is 100 Å². The summed E-state index contributed by atoms with van der Waals surface area (Å²) >= 11 is 0. The normalized spacial score (nSPS) is 16.0. The number of carbonyl (C=O) groups excluding carboxylic acids is 2. The molecule has 0 spiro atoms. The van der Waals surface area contributed by atoms with Crippen LogP contribution in [0.15, 0.2) is 66.7 Å². The lowest BCUT2D eigenvalue weighted by Gasteiger charge is -2.31. The van der Waals surface area contributed by atoms with Gasteiger partial charge >= 0.3 is 0 Å². The lowest BCUT2D eigenvalue weighted by molar-refractivity contribution is -0.117. The van der Waals surface area contributed by atoms with E-state index >= 15 is 0 Å². The Kier molecular flexibility index (Phi) is 4.89. The Morgan fingerprint density at radius 1 is 1.00 bits per heavy atom. The molecule has 0 aromatic heterocycles. The van der Waals surface area contributed by atoms with Crippen molar-refractivity contribution >= 4 is 17.5 Å². The Bertz CT molecular complexity index is 1080. The molecule has 1 atom stereocenters. The zero-order chi connectivity index (χ0) is 20.5. The van der Waals surface area contributed by atoms with Gasteiger partial charge in [-0.05, 0) is 49.7 Å². The average Bonchev–Trinajstić information content (AvgIpc) is 2.83. The second kappa shape index (κ2) is 7.51. The third-order valence-electron chi connectivity index (χ3n) is 5.05. The lowest BCUT2D eigenvalue weighted by Crippen LogP contribution is -2.39. The maximum atomic E-state index is 14.2. The topological polar surface area (TPSA) is 49.4 Å². The molecule has 29 heavy (non-hydrogen) atoms. The number of benzene rings is 3. The third kappa shape index (κ3) is 3.76. The number of amides is 2. The van der Waals surface area contributed by atoms with Crippen LogP contribution in [0.4, 0.5) is 10.1 Å². The lowest BCUT2D eigenvalue weighted by atomic mass is 9.95. The van der Waals surface area contributed by atoms with E-state index in [-0.39, 0.29) is 18.4 Å². The molecule has 1 aliphatic rings. The molecule has 0 saturated carbocycles. The minimum Gasteiger partial charge on any atom is -0.324 e. The molecule has 0 saturated heterocycles. The zero-order valence-electron chi connectivity index (χ0n) is 16.3. The van der Waals surface area contributed by atoms with Gasteiger partial charge in [0.25, 0.3) is 5.91 Å². The van der Waals surface area contributed by atoms with Crippen LogP contribution in [-0.4, -0.2) is 23.3 Å². The van der Waals surface area contributed by atoms with E-state index in [1.807, 2.05) is 62.4 Å². The van der Waals surface area contributed by atoms with Gasteiger partial charge in [0.2, 0.25) is 5.91 Å². The largest absolute Gasteiger partial charge is 0.324 e. The molecule has 0 bridgehead atoms. The zero-order valence-corrected chi connectivity index (χ0v) is 16.3. The fourth-order valence-corrected chi connectivity index (χ4v) is 3.93. The molecule has 5 heteroatoms. The average molecular weight is 388 g/mol. The summed E-state index contributed by atoms with van der Waals surface area (Å²) in [5.74, 6) is -0.994. The predicted molar refractivity (Wildman–Crippen MR) is 110 cm³/mol. The van der Waals surface area contributed by atoms with Gasteiger partial charge in [-0.25, -0.2) is 4.39 Å². The summed E-state index contributed by atoms with van der Waals surface area (Å²) in [7, 11) is 0. The number of nitrogens with zero attached hydrogens (tertiary/aromatic N) is 1. The molecule has 4 nitrogen and oxygen atoms in total. The van der Waals surface area contributed by atoms with E-state index < -0.39 is 11.9 Å². The maximum Gasteiger partial charge on any atom is 0.255 e. The van der Waals surface area contributed by atoms with Gasteiger partial charge in [0.15, 0.2) is 0 Å². The number of halogens is 1. The van der Waals surface area contributed by atoms with Crippen molar-refractivity contribution < 1.29 is 14.0 Å². The molecule has 0 fully saturated rings. The molecule has 1 heterocycles. The van der Waals surface area contributed by atoms with E-state index in [1.54, 1.807) is 6.07 Å². The van der Waals surface area contributed by atoms with E-state index in [9.17, 15) is 14.0 Å². The van der Waals surface area contributed by atoms with Gasteiger partial charge in [0, 0.05) is 16.8 Å². The predicted octanol–water partition coefficient (Wildman–Crippen LogP) is 4.63. The van der Waals surface area contributed by atoms with Crippen molar-refractivity contribution in [1.82, 2.24) is 4.90 Å². The summed E-state index contributed by atoms with van der Waals surface area (Å²) < 4.78 is 14.2. The van der Waals surface area contributed by atoms with Gasteiger partial charge in [-0.2, -0.15) is 0 Å². The molecule has 3 aromatic carbocycles. The van der Waals surface area contributed by atoms with E-state index in [0.717, 1.165) is 16.7 Å². The van der Waals surface area contributed by atoms with Crippen molar-refractivity contribution in [2.45, 2.75) is 19.9 Å². The minimum absolute atomic E-state index is 0.123. The quantitative estimate of drug-likeness (QED) is 0.696. The highest BCUT2D eigenvalue weighted by Crippen LogP contribution is 2.37. The summed E-state index contributed by atoms with van der Waals surface area (Å²) in [6.07, 6.45) is 0. The number of anilines is 1. The maximum absolute atomic E-state index is 14.2. The SMILES string of the molecule is Cc1cc(C)cc(C(=O)N2CC(=O)Nc3ccc(F)cc3C2c2ccccc2)c1. The van der Waals surface area contributed by atoms with Crippen LogP contribution in [0.2, 0.25) is 0 Å². The number of nitrogens with one attached hydrogen (secondary N) is 1. The van der Waals surface area contributed by atoms with Crippen LogP contribution in [0.1, 0.15) is 38.7 Å². The van der Waals surface area contributed by atoms with E-state index in [2.05, 4.69) is 5.32 Å². The molecular weight excluding hydrogens is 367 g/mol. The Morgan fingerprint density at radius 2 is 1.69 bits per heavy atom. The Labute approximate surface area is 169 Å². The summed E-state index contributed by atoms with van der Waals surface area (Å²) in [5, 5.41) is 2.81. The summed E-state index contributed by atoms with van der Waals surface area (Å²) in [6.45, 7) is 3.73. The van der Waals surface area contributed by atoms with E-state index in [4.69, 9.17) is 0 Å². The standard InChI is InChI=1S/C24H21FN2O2/c1-15-10-16(2)12-18(11-15)24(29)27-14-22(28)26-21-9-8-19(25)13-20(21)23(27)17-6-4-3-5-7-17/h3-13,23H,14H2,1-2H3,(H,26,28). The minimum atomic E-state index is -0.589. The molecule has 1 aliphatic heterocycles. The van der Waals surface area contributed by atoms with Crippen molar-refractivity contribution in [3.8, 4) is 0 Å². The van der Waals surface area contributed by atoms with Crippen LogP contribution in [-0.2, 0) is 4.79 Å². The van der Waals surface area contributed by atoms with Crippen molar-refractivity contribution in [2.24, 2.45) is 0 Å². The molecule has 146 valence electrons. The number of rotatable bonds is 2. The van der Waals surface area contributed by atoms with Crippen LogP contribution >= 0.6 is 0 Å². The molecule has 4 rings (SSSR count). The second-order valence-corrected chi connectivity index (χ2v) is 7.40. The van der Waals surface area contributed by atoms with Gasteiger partial charge < -0.3 is 10.2 Å². The first kappa shape index (κ1) is 18.9. The Hall–Kier alpha value is -3.47. The summed E-state index contributed by atoms with van der Waals surface area (Å²) in [6, 6.07) is 18.7. The molecule has 3 aromatic rings. The van der Waals surface area contributed by atoms with Crippen LogP contribution in [0.25, 0.3) is 0 Å². The van der Waals surface area contributed by atoms with Crippen LogP contribution < -0.4 is 5.32 Å². The summed E-state index contributed by atoms with van der Waals surface area (Å²) in [4.78, 5) is 27.6. The molecule has 1 unspecified atom stereocenters. The fraction of sp³-hybridized carbons (Fsp3) is 0.167. The smallest absolute Gasteiger partial charge is 0.255 e. The van der Waals surface area contributed by atoms with E-state index in [1.165, 1.54) is 17.0 Å². The first-order valence-electron chi connectivity index (χ1n) is 9.46. The highest BCUT2D eigenvalue weighted by Gasteiger charge is 2.34. The van der Waals surface area contributed by atoms with Crippen molar-refractivity contribution in [3.63, 3.8) is 0 Å². The highest BCUT2D eigenvalue weighted by molar-refractivity contribution is 6.01. The number of fused-ring (bicyclic) bond motifs is 1. The van der Waals surface area contributed by atoms with Gasteiger partial charge in [-0.3, -0.25) is 9.59 Å². The van der Waals surface area contributed by atoms with E-state index in [0.29, 0.717) is 16.8 Å². The second-order valence-electron chi connectivity index (χ2n) is 7.40. The van der Waals surface area contributed by atoms with Crippen LogP contribution in [0.3, 0.4) is 0 Å². The summed E-state index contributed by atoms with van der Waals surface area (Å²) in [5.41, 5.74) is 4.33. The van der Waals surface area contributed by atoms with Crippen LogP contribution in [0, 0.1) is 19.7 Å². The number of aryl methyl sites for hydroxylation is 2. The third-order valence-corrected chi connectivity index (χ3v) is 5.05. The fourth-order valence-electron chi connectivity index (χ4n) is 3.93. The van der Waals surface area contributed by atoms with Gasteiger partial charge in [0.1, 0.15) is 12.4 Å². The van der Waals surface area contributed by atoms with Gasteiger partial charge in [-0.15, -0.1) is 0 Å². The van der Waals surface area contributed by atoms with Gasteiger partial charge in [0.05, 0.1) is 6.04 Å². The first-order valence-corrected chi connectivity index (χ1v) is 9.46. The molecule has 2 amide bonds. The Morgan fingerprint density at radius 3 is 2.38 bits per heavy atom. The van der Waals surface area contributed by atoms with Gasteiger partial charge in [-0.1, -0.05) is 47.5 Å². The molecule has 1 N–H and O–H groups in total. The Balaban J connectivity index is 1.90. The number of hydrogen-bond donors (Lipinski definition) is 1. The molecule has 0 radical (unpaired) electrons. The number of hydrogen-bond acceptors (Lipinski definition) is 2. The van der Waals surface area contributed by atoms with Crippen molar-refractivity contribution in [1.29, 1.82) is 0 Å². The molecular formula is C24H21FN2O2. The number of carbonyl (C=O) groups is 2. The van der Waals surface area contributed by atoms with Crippen molar-refractivity contribution in [2.75, 3.05) is 11.9 Å². The monoisotopic (exact) mass is 388 g/mol. The van der Waals surface area contributed by atoms with Crippen LogP contribution in [0.5, 0.6) is 0 Å². The molecule has 0 aliphatic carbocycles. The highest BCUT2D eigenvalue weighted by atomic mass is 19.1.